The lowest BCUT2D eigenvalue weighted by molar-refractivity contribution is 1.71. The van der Waals surface area contributed by atoms with Crippen molar-refractivity contribution in [3.8, 4) is 0 Å². The lowest BCUT2D eigenvalue weighted by Gasteiger charge is -2.05. The summed E-state index contributed by atoms with van der Waals surface area (Å²) >= 11 is -0.833. The normalized spacial score (nSPS) is 10.0. The maximum atomic E-state index is 2.35. The van der Waals surface area contributed by atoms with Crippen molar-refractivity contribution in [2.24, 2.45) is 0 Å². The minimum absolute atomic E-state index is 0. The van der Waals surface area contributed by atoms with Gasteiger partial charge in [-0.15, -0.1) is 12.4 Å². The molecule has 0 aromatic rings. The Hall–Kier alpha value is 0.822. The van der Waals surface area contributed by atoms with Crippen molar-refractivity contribution in [3.63, 3.8) is 0 Å². The smallest absolute Gasteiger partial charge is 0.121 e. The lowest BCUT2D eigenvalue weighted by Crippen LogP contribution is -2.10. The molecule has 0 aliphatic carbocycles. The summed E-state index contributed by atoms with van der Waals surface area (Å²) in [5.41, 5.74) is 0. The van der Waals surface area contributed by atoms with Gasteiger partial charge >= 0.3 is 0 Å². The summed E-state index contributed by atoms with van der Waals surface area (Å²) in [4.78, 5) is 0. The van der Waals surface area contributed by atoms with Crippen molar-refractivity contribution in [2.45, 2.75) is 23.1 Å². The van der Waals surface area contributed by atoms with Crippen LogP contribution in [0.2, 0.25) is 23.1 Å². The number of halogens is 1. The van der Waals surface area contributed by atoms with Crippen molar-refractivity contribution >= 4 is 25.5 Å². The SMILES string of the molecule is Cl.[CH3][Al-]([CH3])([CH3])[CH3]. The average molecular weight is 124 g/mol. The van der Waals surface area contributed by atoms with E-state index < -0.39 is 13.1 Å². The van der Waals surface area contributed by atoms with E-state index in [1.807, 2.05) is 0 Å². The first-order valence-electron chi connectivity index (χ1n) is 2.31. The van der Waals surface area contributed by atoms with Crippen molar-refractivity contribution in [1.29, 1.82) is 0 Å². The molecule has 0 saturated carbocycles. The molecule has 0 aliphatic rings. The minimum Gasteiger partial charge on any atom is -0.204 e. The van der Waals surface area contributed by atoms with Gasteiger partial charge in [0.15, 0.2) is 0 Å². The molecule has 0 aromatic heterocycles. The molecule has 0 fully saturated rings. The number of hydrogen-bond acceptors (Lipinski definition) is 0. The lowest BCUT2D eigenvalue weighted by atomic mass is 11.8. The van der Waals surface area contributed by atoms with Gasteiger partial charge in [-0.2, -0.15) is 0 Å². The molecule has 0 aliphatic heterocycles. The van der Waals surface area contributed by atoms with Gasteiger partial charge < -0.3 is 0 Å². The van der Waals surface area contributed by atoms with Gasteiger partial charge in [0.1, 0.15) is 13.1 Å². The molecule has 0 aromatic carbocycles. The summed E-state index contributed by atoms with van der Waals surface area (Å²) in [6.07, 6.45) is 0. The maximum Gasteiger partial charge on any atom is 0.121 e. The van der Waals surface area contributed by atoms with Gasteiger partial charge in [-0.1, -0.05) is 0 Å². The first-order chi connectivity index (χ1) is 2.00. The van der Waals surface area contributed by atoms with Crippen molar-refractivity contribution in [3.05, 3.63) is 0 Å². The highest BCUT2D eigenvalue weighted by molar-refractivity contribution is 6.74. The summed E-state index contributed by atoms with van der Waals surface area (Å²) in [7, 11) is 0. The van der Waals surface area contributed by atoms with Crippen molar-refractivity contribution in [2.75, 3.05) is 0 Å². The summed E-state index contributed by atoms with van der Waals surface area (Å²) in [6, 6.07) is 0. The van der Waals surface area contributed by atoms with E-state index in [1.54, 1.807) is 0 Å². The third-order valence-electron chi connectivity index (χ3n) is 0. The Kier molecular flexibility index (Phi) is 4.82. The van der Waals surface area contributed by atoms with E-state index in [4.69, 9.17) is 0 Å². The van der Waals surface area contributed by atoms with Gasteiger partial charge in [0.05, 0.1) is 0 Å². The molecule has 6 heavy (non-hydrogen) atoms. The first-order valence-corrected chi connectivity index (χ1v) is 6.93. The Morgan fingerprint density at radius 1 is 0.833 bits per heavy atom. The molecule has 0 saturated heterocycles. The Labute approximate surface area is 49.0 Å². The monoisotopic (exact) mass is 123 g/mol. The van der Waals surface area contributed by atoms with Crippen LogP contribution in [0.25, 0.3) is 0 Å². The maximum absolute atomic E-state index is 2.35. The predicted octanol–water partition coefficient (Wildman–Crippen LogP) is 2.38. The molecule has 0 rings (SSSR count). The summed E-state index contributed by atoms with van der Waals surface area (Å²) in [5.74, 6) is 9.42. The van der Waals surface area contributed by atoms with Gasteiger partial charge in [-0.3, -0.25) is 0 Å². The second-order valence-electron chi connectivity index (χ2n) is 3.46. The van der Waals surface area contributed by atoms with E-state index >= 15 is 0 Å². The second-order valence-corrected chi connectivity index (χ2v) is 10.4. The highest BCUT2D eigenvalue weighted by Gasteiger charge is 1.97. The average Bonchev–Trinajstić information content (AvgIpc) is 0.722. The predicted molar refractivity (Wildman–Crippen MR) is 36.5 cm³/mol. The first kappa shape index (κ1) is 9.95. The Morgan fingerprint density at radius 2 is 0.833 bits per heavy atom. The molecule has 40 valence electrons. The largest absolute Gasteiger partial charge is 0.204 e. The standard InChI is InChI=1S/4CH3.Al.ClH/h4*1H3;;1H/q;;;;-1;. The van der Waals surface area contributed by atoms with Crippen LogP contribution >= 0.6 is 12.4 Å². The molecule has 0 heterocycles. The zero-order valence-electron chi connectivity index (χ0n) is 4.99. The van der Waals surface area contributed by atoms with E-state index in [2.05, 4.69) is 23.1 Å². The molecule has 2 heteroatoms. The molecular formula is C4H13AlCl-. The fourth-order valence-corrected chi connectivity index (χ4v) is 0. The molecule has 0 nitrogen and oxygen atoms in total. The van der Waals surface area contributed by atoms with Crippen LogP contribution < -0.4 is 0 Å². The Morgan fingerprint density at radius 3 is 0.833 bits per heavy atom. The van der Waals surface area contributed by atoms with Crippen LogP contribution in [0.1, 0.15) is 0 Å². The molecule has 0 radical (unpaired) electrons. The molecule has 0 atom stereocenters. The van der Waals surface area contributed by atoms with Crippen LogP contribution in [0.5, 0.6) is 0 Å². The summed E-state index contributed by atoms with van der Waals surface area (Å²) < 4.78 is 0. The van der Waals surface area contributed by atoms with Gasteiger partial charge in [0.25, 0.3) is 0 Å². The fraction of sp³-hybridized carbons (Fsp3) is 1.00. The second kappa shape index (κ2) is 2.91. The van der Waals surface area contributed by atoms with Crippen LogP contribution in [0.3, 0.4) is 0 Å². The highest BCUT2D eigenvalue weighted by Crippen LogP contribution is 1.94. The zero-order chi connectivity index (χ0) is 4.50. The topological polar surface area (TPSA) is 0 Å². The number of hydrogen-bond donors (Lipinski definition) is 0. The molecular weight excluding hydrogens is 110 g/mol. The Balaban J connectivity index is 0. The number of rotatable bonds is 0. The molecule has 0 bridgehead atoms. The van der Waals surface area contributed by atoms with Gasteiger partial charge in [0.2, 0.25) is 0 Å². The molecule has 0 spiro atoms. The van der Waals surface area contributed by atoms with E-state index in [0.717, 1.165) is 0 Å². The molecule has 0 amide bonds. The van der Waals surface area contributed by atoms with Crippen LogP contribution in [0, 0.1) is 0 Å². The van der Waals surface area contributed by atoms with Crippen molar-refractivity contribution in [1.82, 2.24) is 0 Å². The van der Waals surface area contributed by atoms with Gasteiger partial charge in [-0.05, 0) is 0 Å². The van der Waals surface area contributed by atoms with E-state index in [-0.39, 0.29) is 12.4 Å². The van der Waals surface area contributed by atoms with Crippen LogP contribution in [-0.4, -0.2) is 13.1 Å². The minimum atomic E-state index is -0.833. The summed E-state index contributed by atoms with van der Waals surface area (Å²) in [5, 5.41) is 0. The van der Waals surface area contributed by atoms with Crippen LogP contribution in [0.4, 0.5) is 0 Å². The third-order valence-corrected chi connectivity index (χ3v) is 0. The van der Waals surface area contributed by atoms with Gasteiger partial charge in [-0.25, -0.2) is 23.1 Å². The highest BCUT2D eigenvalue weighted by atomic mass is 35.5. The molecule has 0 unspecified atom stereocenters. The van der Waals surface area contributed by atoms with Crippen molar-refractivity contribution < 1.29 is 0 Å². The van der Waals surface area contributed by atoms with Crippen LogP contribution in [0.15, 0.2) is 0 Å². The third kappa shape index (κ3) is 104. The van der Waals surface area contributed by atoms with Crippen LogP contribution in [-0.2, 0) is 0 Å². The van der Waals surface area contributed by atoms with Gasteiger partial charge in [0, 0.05) is 0 Å². The molecule has 0 N–H and O–H groups in total. The Bertz CT molecular complexity index is 23.0. The zero-order valence-corrected chi connectivity index (χ0v) is 6.96. The van der Waals surface area contributed by atoms with E-state index in [1.165, 1.54) is 0 Å². The van der Waals surface area contributed by atoms with E-state index in [0.29, 0.717) is 0 Å². The fourth-order valence-electron chi connectivity index (χ4n) is 0. The quantitative estimate of drug-likeness (QED) is 0.434. The van der Waals surface area contributed by atoms with E-state index in [9.17, 15) is 0 Å². The summed E-state index contributed by atoms with van der Waals surface area (Å²) in [6.45, 7) is 0.